The molecule has 0 bridgehead atoms. The molecular weight excluding hydrogens is 539 g/mol. The molecule has 1 unspecified atom stereocenters. The minimum Gasteiger partial charge on any atom is -0.497 e. The van der Waals surface area contributed by atoms with Crippen molar-refractivity contribution >= 4 is 41.3 Å². The summed E-state index contributed by atoms with van der Waals surface area (Å²) >= 11 is 1.79. The number of rotatable bonds is 10. The summed E-state index contributed by atoms with van der Waals surface area (Å²) < 4.78 is 16.4. The molecule has 32 heavy (non-hydrogen) atoms. The molecule has 178 valence electrons. The number of halogens is 1. The highest BCUT2D eigenvalue weighted by molar-refractivity contribution is 14.0. The number of hydrogen-bond donors (Lipinski definition) is 2. The van der Waals surface area contributed by atoms with E-state index in [0.717, 1.165) is 68.8 Å². The Morgan fingerprint density at radius 3 is 2.66 bits per heavy atom. The van der Waals surface area contributed by atoms with Gasteiger partial charge in [0.15, 0.2) is 5.96 Å². The smallest absolute Gasteiger partial charge is 0.191 e. The molecule has 1 fully saturated rings. The fourth-order valence-electron chi connectivity index (χ4n) is 3.67. The molecular formula is C23H35IN4O3S. The van der Waals surface area contributed by atoms with Crippen molar-refractivity contribution in [3.05, 3.63) is 46.2 Å². The third-order valence-electron chi connectivity index (χ3n) is 5.30. The zero-order valence-corrected chi connectivity index (χ0v) is 22.3. The van der Waals surface area contributed by atoms with Crippen molar-refractivity contribution in [3.63, 3.8) is 0 Å². The Morgan fingerprint density at radius 1 is 1.19 bits per heavy atom. The van der Waals surface area contributed by atoms with Crippen molar-refractivity contribution in [2.45, 2.75) is 19.4 Å². The Labute approximate surface area is 212 Å². The van der Waals surface area contributed by atoms with Crippen LogP contribution in [0.4, 0.5) is 0 Å². The summed E-state index contributed by atoms with van der Waals surface area (Å²) in [5, 5.41) is 8.97. The summed E-state index contributed by atoms with van der Waals surface area (Å²) in [7, 11) is 3.37. The van der Waals surface area contributed by atoms with Crippen LogP contribution in [0, 0.1) is 0 Å². The Kier molecular flexibility index (Phi) is 12.1. The van der Waals surface area contributed by atoms with Crippen LogP contribution < -0.4 is 20.1 Å². The minimum atomic E-state index is 0. The topological polar surface area (TPSA) is 67.4 Å². The van der Waals surface area contributed by atoms with Crippen molar-refractivity contribution in [2.75, 3.05) is 60.2 Å². The highest BCUT2D eigenvalue weighted by Gasteiger charge is 2.23. The summed E-state index contributed by atoms with van der Waals surface area (Å²) in [4.78, 5) is 8.74. The van der Waals surface area contributed by atoms with Crippen LogP contribution in [0.5, 0.6) is 11.5 Å². The Hall–Kier alpha value is -1.56. The average Bonchev–Trinajstić information content (AvgIpc) is 3.34. The molecule has 7 nitrogen and oxygen atoms in total. The largest absolute Gasteiger partial charge is 0.497 e. The number of thiophene rings is 1. The summed E-state index contributed by atoms with van der Waals surface area (Å²) in [5.74, 6) is 2.54. The molecule has 0 radical (unpaired) electrons. The maximum atomic E-state index is 5.54. The molecule has 9 heteroatoms. The lowest BCUT2D eigenvalue weighted by atomic mass is 10.1. The van der Waals surface area contributed by atoms with Gasteiger partial charge in [-0.2, -0.15) is 0 Å². The van der Waals surface area contributed by atoms with Crippen LogP contribution in [0.1, 0.15) is 23.4 Å². The predicted molar refractivity (Wildman–Crippen MR) is 142 cm³/mol. The van der Waals surface area contributed by atoms with Gasteiger partial charge in [-0.15, -0.1) is 35.3 Å². The highest BCUT2D eigenvalue weighted by atomic mass is 127. The third-order valence-corrected chi connectivity index (χ3v) is 6.27. The van der Waals surface area contributed by atoms with Gasteiger partial charge in [0.05, 0.1) is 40.0 Å². The van der Waals surface area contributed by atoms with Gasteiger partial charge in [0, 0.05) is 31.1 Å². The second kappa shape index (κ2) is 14.6. The maximum absolute atomic E-state index is 5.54. The Morgan fingerprint density at radius 2 is 2.00 bits per heavy atom. The quantitative estimate of drug-likeness (QED) is 0.257. The monoisotopic (exact) mass is 574 g/mol. The molecule has 1 aliphatic heterocycles. The highest BCUT2D eigenvalue weighted by Crippen LogP contribution is 2.26. The first-order valence-electron chi connectivity index (χ1n) is 10.8. The summed E-state index contributed by atoms with van der Waals surface area (Å²) in [6.45, 7) is 7.80. The zero-order valence-electron chi connectivity index (χ0n) is 19.1. The van der Waals surface area contributed by atoms with Crippen LogP contribution in [-0.4, -0.2) is 71.0 Å². The molecule has 1 aliphatic rings. The molecule has 1 atom stereocenters. The van der Waals surface area contributed by atoms with Crippen molar-refractivity contribution in [3.8, 4) is 11.5 Å². The van der Waals surface area contributed by atoms with E-state index in [1.54, 1.807) is 25.6 Å². The van der Waals surface area contributed by atoms with Crippen molar-refractivity contribution in [1.29, 1.82) is 0 Å². The van der Waals surface area contributed by atoms with Gasteiger partial charge < -0.3 is 24.8 Å². The number of ether oxygens (including phenoxy) is 3. The van der Waals surface area contributed by atoms with Crippen molar-refractivity contribution in [2.24, 2.45) is 4.99 Å². The van der Waals surface area contributed by atoms with E-state index >= 15 is 0 Å². The first-order valence-corrected chi connectivity index (χ1v) is 11.7. The van der Waals surface area contributed by atoms with Crippen molar-refractivity contribution < 1.29 is 14.2 Å². The Bertz CT molecular complexity index is 814. The van der Waals surface area contributed by atoms with E-state index in [-0.39, 0.29) is 30.0 Å². The second-order valence-corrected chi connectivity index (χ2v) is 8.23. The molecule has 3 rings (SSSR count). The summed E-state index contributed by atoms with van der Waals surface area (Å²) in [6.07, 6.45) is 0.808. The van der Waals surface area contributed by atoms with Gasteiger partial charge in [0.1, 0.15) is 11.5 Å². The van der Waals surface area contributed by atoms with Gasteiger partial charge >= 0.3 is 0 Å². The van der Waals surface area contributed by atoms with Gasteiger partial charge in [-0.05, 0) is 48.6 Å². The van der Waals surface area contributed by atoms with Gasteiger partial charge in [0.25, 0.3) is 0 Å². The standard InChI is InChI=1S/C23H34N4O3S.HI/c1-4-24-23(25-10-9-18-16-19(28-2)7-8-21(18)29-3)26-17-20(22-6-5-15-31-22)27-11-13-30-14-12-27;/h5-8,15-16,20H,4,9-14,17H2,1-3H3,(H2,24,25,26);1H. The first kappa shape index (κ1) is 26.7. The van der Waals surface area contributed by atoms with Crippen LogP contribution in [-0.2, 0) is 11.2 Å². The molecule has 2 aromatic rings. The summed E-state index contributed by atoms with van der Waals surface area (Å²) in [6, 6.07) is 10.5. The molecule has 0 spiro atoms. The fraction of sp³-hybridized carbons (Fsp3) is 0.522. The minimum absolute atomic E-state index is 0. The van der Waals surface area contributed by atoms with E-state index < -0.39 is 0 Å². The molecule has 1 saturated heterocycles. The second-order valence-electron chi connectivity index (χ2n) is 7.25. The van der Waals surface area contributed by atoms with E-state index in [2.05, 4.69) is 40.0 Å². The lowest BCUT2D eigenvalue weighted by Gasteiger charge is -2.33. The molecule has 0 amide bonds. The lowest BCUT2D eigenvalue weighted by Crippen LogP contribution is -2.42. The number of morpholine rings is 1. The van der Waals surface area contributed by atoms with E-state index in [1.165, 1.54) is 4.88 Å². The summed E-state index contributed by atoms with van der Waals surface area (Å²) in [5.41, 5.74) is 1.11. The molecule has 1 aromatic heterocycles. The predicted octanol–water partition coefficient (Wildman–Crippen LogP) is 3.55. The van der Waals surface area contributed by atoms with E-state index in [1.807, 2.05) is 18.2 Å². The van der Waals surface area contributed by atoms with Gasteiger partial charge in [0.2, 0.25) is 0 Å². The number of nitrogens with one attached hydrogen (secondary N) is 2. The van der Waals surface area contributed by atoms with Gasteiger partial charge in [-0.1, -0.05) is 6.07 Å². The zero-order chi connectivity index (χ0) is 21.9. The first-order chi connectivity index (χ1) is 15.2. The Balaban J connectivity index is 0.00000363. The van der Waals surface area contributed by atoms with Crippen LogP contribution in [0.15, 0.2) is 40.7 Å². The van der Waals surface area contributed by atoms with Crippen LogP contribution in [0.3, 0.4) is 0 Å². The normalized spacial score (nSPS) is 15.5. The van der Waals surface area contributed by atoms with E-state index in [4.69, 9.17) is 19.2 Å². The molecule has 2 heterocycles. The molecule has 1 aromatic carbocycles. The SMILES string of the molecule is CCNC(=NCC(c1cccs1)N1CCOCC1)NCCc1cc(OC)ccc1OC.I. The van der Waals surface area contributed by atoms with Gasteiger partial charge in [-0.3, -0.25) is 9.89 Å². The molecule has 0 aliphatic carbocycles. The molecule has 0 saturated carbocycles. The van der Waals surface area contributed by atoms with Gasteiger partial charge in [-0.25, -0.2) is 0 Å². The number of aliphatic imine (C=N–C) groups is 1. The van der Waals surface area contributed by atoms with E-state index in [9.17, 15) is 0 Å². The van der Waals surface area contributed by atoms with E-state index in [0.29, 0.717) is 6.54 Å². The third kappa shape index (κ3) is 7.79. The number of methoxy groups -OCH3 is 2. The average molecular weight is 575 g/mol. The lowest BCUT2D eigenvalue weighted by molar-refractivity contribution is 0.0186. The number of benzene rings is 1. The fourth-order valence-corrected chi connectivity index (χ4v) is 4.52. The maximum Gasteiger partial charge on any atom is 0.191 e. The molecule has 2 N–H and O–H groups in total. The van der Waals surface area contributed by atoms with Crippen LogP contribution >= 0.6 is 35.3 Å². The van der Waals surface area contributed by atoms with Crippen LogP contribution in [0.25, 0.3) is 0 Å². The number of guanidine groups is 1. The number of nitrogens with zero attached hydrogens (tertiary/aromatic N) is 2. The van der Waals surface area contributed by atoms with Crippen molar-refractivity contribution in [1.82, 2.24) is 15.5 Å². The number of hydrogen-bond acceptors (Lipinski definition) is 6. The van der Waals surface area contributed by atoms with Crippen LogP contribution in [0.2, 0.25) is 0 Å².